The molecular formula is C28H48ClN3O. The van der Waals surface area contributed by atoms with E-state index >= 15 is 0 Å². The van der Waals surface area contributed by atoms with Gasteiger partial charge in [-0.05, 0) is 80.5 Å². The Balaban J connectivity index is 0.00000306. The Bertz CT molecular complexity index is 740. The van der Waals surface area contributed by atoms with Crippen molar-refractivity contribution in [1.82, 2.24) is 4.90 Å². The minimum atomic E-state index is 0. The van der Waals surface area contributed by atoms with Crippen molar-refractivity contribution in [2.24, 2.45) is 11.3 Å². The summed E-state index contributed by atoms with van der Waals surface area (Å²) in [5, 5.41) is 0. The van der Waals surface area contributed by atoms with Crippen LogP contribution in [0.15, 0.2) is 18.2 Å². The van der Waals surface area contributed by atoms with Gasteiger partial charge in [0.2, 0.25) is 0 Å². The Labute approximate surface area is 209 Å². The van der Waals surface area contributed by atoms with Crippen LogP contribution >= 0.6 is 12.4 Å². The first kappa shape index (κ1) is 26.6. The van der Waals surface area contributed by atoms with Crippen molar-refractivity contribution in [3.05, 3.63) is 23.8 Å². The maximum atomic E-state index is 6.01. The van der Waals surface area contributed by atoms with Crippen molar-refractivity contribution in [2.45, 2.75) is 85.4 Å². The van der Waals surface area contributed by atoms with Gasteiger partial charge in [0.25, 0.3) is 0 Å². The summed E-state index contributed by atoms with van der Waals surface area (Å²) in [6, 6.07) is 7.40. The van der Waals surface area contributed by atoms with E-state index in [4.69, 9.17) is 4.74 Å². The van der Waals surface area contributed by atoms with E-state index in [0.717, 1.165) is 32.1 Å². The fourth-order valence-electron chi connectivity index (χ4n) is 6.14. The third-order valence-corrected chi connectivity index (χ3v) is 7.91. The lowest BCUT2D eigenvalue weighted by Crippen LogP contribution is -2.48. The zero-order chi connectivity index (χ0) is 22.9. The molecule has 0 aromatic heterocycles. The Kier molecular flexibility index (Phi) is 9.02. The molecule has 4 rings (SSSR count). The van der Waals surface area contributed by atoms with E-state index in [9.17, 15) is 0 Å². The molecule has 2 saturated heterocycles. The largest absolute Gasteiger partial charge is 0.372 e. The van der Waals surface area contributed by atoms with Crippen LogP contribution in [-0.4, -0.2) is 62.9 Å². The van der Waals surface area contributed by atoms with E-state index in [2.05, 4.69) is 74.4 Å². The second-order valence-electron chi connectivity index (χ2n) is 12.0. The topological polar surface area (TPSA) is 19.0 Å². The summed E-state index contributed by atoms with van der Waals surface area (Å²) in [5.74, 6) is 1.45. The average Bonchev–Trinajstić information content (AvgIpc) is 2.73. The molecule has 2 unspecified atom stereocenters. The number of piperazine rings is 1. The van der Waals surface area contributed by atoms with Crippen molar-refractivity contribution in [3.63, 3.8) is 0 Å². The summed E-state index contributed by atoms with van der Waals surface area (Å²) in [5.41, 5.74) is 5.03. The minimum Gasteiger partial charge on any atom is -0.372 e. The number of halogens is 1. The molecule has 0 spiro atoms. The summed E-state index contributed by atoms with van der Waals surface area (Å²) < 4.78 is 6.01. The number of morpholine rings is 1. The van der Waals surface area contributed by atoms with Gasteiger partial charge >= 0.3 is 0 Å². The number of benzene rings is 1. The molecule has 1 saturated carbocycles. The highest BCUT2D eigenvalue weighted by Gasteiger charge is 2.31. The maximum Gasteiger partial charge on any atom is 0.0726 e. The number of hydrogen-bond donors (Lipinski definition) is 0. The summed E-state index contributed by atoms with van der Waals surface area (Å²) in [6.45, 7) is 21.9. The number of hydrogen-bond acceptors (Lipinski definition) is 4. The first-order chi connectivity index (χ1) is 15.2. The zero-order valence-corrected chi connectivity index (χ0v) is 22.8. The van der Waals surface area contributed by atoms with Crippen molar-refractivity contribution < 1.29 is 4.74 Å². The lowest BCUT2D eigenvalue weighted by molar-refractivity contribution is -0.00522. The quantitative estimate of drug-likeness (QED) is 0.503. The second-order valence-corrected chi connectivity index (χ2v) is 12.0. The van der Waals surface area contributed by atoms with Gasteiger partial charge in [0.15, 0.2) is 0 Å². The normalized spacial score (nSPS) is 27.0. The van der Waals surface area contributed by atoms with E-state index in [-0.39, 0.29) is 12.4 Å². The predicted molar refractivity (Wildman–Crippen MR) is 144 cm³/mol. The highest BCUT2D eigenvalue weighted by molar-refractivity contribution is 5.85. The van der Waals surface area contributed by atoms with Crippen LogP contribution in [0.4, 0.5) is 11.4 Å². The first-order valence-corrected chi connectivity index (χ1v) is 13.2. The molecule has 0 bridgehead atoms. The van der Waals surface area contributed by atoms with E-state index in [1.54, 1.807) is 5.56 Å². The maximum absolute atomic E-state index is 6.01. The molecule has 5 heteroatoms. The SMILES string of the molecule is CC(C)CN1CCN(c2ccc(N3CC(C)OC(C)C3)cc2C2CCC(C)(C)CC2)CC1.Cl. The molecule has 3 fully saturated rings. The Morgan fingerprint density at radius 3 is 2.12 bits per heavy atom. The van der Waals surface area contributed by atoms with Crippen molar-refractivity contribution in [2.75, 3.05) is 55.6 Å². The number of nitrogens with zero attached hydrogens (tertiary/aromatic N) is 3. The molecule has 0 radical (unpaired) electrons. The third-order valence-electron chi connectivity index (χ3n) is 7.91. The van der Waals surface area contributed by atoms with Crippen molar-refractivity contribution in [1.29, 1.82) is 0 Å². The van der Waals surface area contributed by atoms with Crippen LogP contribution in [0.2, 0.25) is 0 Å². The van der Waals surface area contributed by atoms with Gasteiger partial charge in [-0.15, -0.1) is 12.4 Å². The van der Waals surface area contributed by atoms with E-state index in [1.807, 2.05) is 0 Å². The van der Waals surface area contributed by atoms with Crippen LogP contribution in [0, 0.1) is 11.3 Å². The van der Waals surface area contributed by atoms with Gasteiger partial charge in [0.1, 0.15) is 0 Å². The molecule has 3 aliphatic rings. The Morgan fingerprint density at radius 1 is 0.939 bits per heavy atom. The van der Waals surface area contributed by atoms with Gasteiger partial charge in [0, 0.05) is 57.2 Å². The molecule has 0 amide bonds. The van der Waals surface area contributed by atoms with Gasteiger partial charge in [-0.3, -0.25) is 4.90 Å². The highest BCUT2D eigenvalue weighted by atomic mass is 35.5. The van der Waals surface area contributed by atoms with Crippen LogP contribution in [0.3, 0.4) is 0 Å². The van der Waals surface area contributed by atoms with Crippen LogP contribution in [0.25, 0.3) is 0 Å². The van der Waals surface area contributed by atoms with Crippen molar-refractivity contribution >= 4 is 23.8 Å². The molecule has 2 heterocycles. The van der Waals surface area contributed by atoms with E-state index in [1.165, 1.54) is 56.7 Å². The zero-order valence-electron chi connectivity index (χ0n) is 22.0. The Morgan fingerprint density at radius 2 is 1.55 bits per heavy atom. The smallest absolute Gasteiger partial charge is 0.0726 e. The van der Waals surface area contributed by atoms with Gasteiger partial charge < -0.3 is 14.5 Å². The number of ether oxygens (including phenoxy) is 1. The fourth-order valence-corrected chi connectivity index (χ4v) is 6.14. The van der Waals surface area contributed by atoms with Crippen LogP contribution < -0.4 is 9.80 Å². The fraction of sp³-hybridized carbons (Fsp3) is 0.786. The molecule has 188 valence electrons. The molecular weight excluding hydrogens is 430 g/mol. The third kappa shape index (κ3) is 6.80. The number of rotatable bonds is 5. The van der Waals surface area contributed by atoms with Gasteiger partial charge in [0.05, 0.1) is 12.2 Å². The second kappa shape index (κ2) is 11.2. The highest BCUT2D eigenvalue weighted by Crippen LogP contribution is 2.46. The molecule has 4 nitrogen and oxygen atoms in total. The van der Waals surface area contributed by atoms with Crippen LogP contribution in [0.1, 0.15) is 78.7 Å². The molecule has 2 aliphatic heterocycles. The average molecular weight is 478 g/mol. The van der Waals surface area contributed by atoms with Gasteiger partial charge in [-0.1, -0.05) is 27.7 Å². The molecule has 1 aromatic carbocycles. The molecule has 33 heavy (non-hydrogen) atoms. The van der Waals surface area contributed by atoms with Gasteiger partial charge in [-0.25, -0.2) is 0 Å². The molecule has 0 N–H and O–H groups in total. The summed E-state index contributed by atoms with van der Waals surface area (Å²) in [7, 11) is 0. The molecule has 1 aliphatic carbocycles. The lowest BCUT2D eigenvalue weighted by atomic mass is 9.71. The van der Waals surface area contributed by atoms with E-state index < -0.39 is 0 Å². The lowest BCUT2D eigenvalue weighted by Gasteiger charge is -2.41. The monoisotopic (exact) mass is 477 g/mol. The van der Waals surface area contributed by atoms with Gasteiger partial charge in [-0.2, -0.15) is 0 Å². The molecule has 1 aromatic rings. The van der Waals surface area contributed by atoms with Crippen molar-refractivity contribution in [3.8, 4) is 0 Å². The summed E-state index contributed by atoms with van der Waals surface area (Å²) >= 11 is 0. The first-order valence-electron chi connectivity index (χ1n) is 13.2. The van der Waals surface area contributed by atoms with Crippen LogP contribution in [0.5, 0.6) is 0 Å². The predicted octanol–water partition coefficient (Wildman–Crippen LogP) is 6.18. The Hall–Kier alpha value is -0.970. The summed E-state index contributed by atoms with van der Waals surface area (Å²) in [4.78, 5) is 7.88. The standard InChI is InChI=1S/C28H47N3O.ClH/c1-21(2)18-29-13-15-30(16-14-29)27-8-7-25(31-19-22(3)32-23(4)20-31)17-26(27)24-9-11-28(5,6)12-10-24;/h7-8,17,21-24H,9-16,18-20H2,1-6H3;1H. The summed E-state index contributed by atoms with van der Waals surface area (Å²) in [6.07, 6.45) is 5.93. The van der Waals surface area contributed by atoms with E-state index in [0.29, 0.717) is 23.5 Å². The number of anilines is 2. The van der Waals surface area contributed by atoms with Crippen LogP contribution in [-0.2, 0) is 4.74 Å². The minimum absolute atomic E-state index is 0. The molecule has 2 atom stereocenters.